The van der Waals surface area contributed by atoms with Crippen molar-refractivity contribution >= 4 is 0 Å². The van der Waals surface area contributed by atoms with Gasteiger partial charge in [0.1, 0.15) is 5.75 Å². The number of rotatable bonds is 5. The maximum atomic E-state index is 6.02. The quantitative estimate of drug-likeness (QED) is 0.897. The Hall–Kier alpha value is -1.06. The second kappa shape index (κ2) is 6.59. The van der Waals surface area contributed by atoms with Crippen molar-refractivity contribution in [3.8, 4) is 5.75 Å². The third-order valence-corrected chi connectivity index (χ3v) is 4.28. The van der Waals surface area contributed by atoms with Crippen LogP contribution in [0, 0.1) is 5.92 Å². The number of benzene rings is 1. The van der Waals surface area contributed by atoms with E-state index >= 15 is 0 Å². The highest BCUT2D eigenvalue weighted by atomic mass is 16.5. The Kier molecular flexibility index (Phi) is 5.06. The van der Waals surface area contributed by atoms with Crippen molar-refractivity contribution in [1.82, 2.24) is 4.90 Å². The van der Waals surface area contributed by atoms with Gasteiger partial charge < -0.3 is 10.5 Å². The zero-order valence-electron chi connectivity index (χ0n) is 13.2. The molecule has 3 nitrogen and oxygen atoms in total. The van der Waals surface area contributed by atoms with Gasteiger partial charge in [-0.2, -0.15) is 0 Å². The summed E-state index contributed by atoms with van der Waals surface area (Å²) in [7, 11) is 0. The Labute approximate surface area is 123 Å². The normalized spacial score (nSPS) is 23.0. The molecule has 20 heavy (non-hydrogen) atoms. The standard InChI is InChI=1S/C17H28N2O/c1-12(2)20-17-7-5-15(6-8-17)14(4)19-10-9-16(11-19)13(3)18/h5-8,12-14,16H,9-11,18H2,1-4H3. The molecule has 3 atom stereocenters. The van der Waals surface area contributed by atoms with Crippen LogP contribution in [0.4, 0.5) is 0 Å². The average molecular weight is 276 g/mol. The molecule has 1 aliphatic rings. The lowest BCUT2D eigenvalue weighted by atomic mass is 10.0. The van der Waals surface area contributed by atoms with Crippen molar-refractivity contribution in [2.75, 3.05) is 13.1 Å². The smallest absolute Gasteiger partial charge is 0.119 e. The van der Waals surface area contributed by atoms with Gasteiger partial charge in [-0.05, 0) is 64.3 Å². The lowest BCUT2D eigenvalue weighted by Crippen LogP contribution is -2.30. The molecule has 1 heterocycles. The zero-order valence-corrected chi connectivity index (χ0v) is 13.2. The van der Waals surface area contributed by atoms with Gasteiger partial charge in [0.2, 0.25) is 0 Å². The molecule has 0 aromatic heterocycles. The molecule has 3 heteroatoms. The van der Waals surface area contributed by atoms with Crippen molar-refractivity contribution in [2.45, 2.75) is 52.3 Å². The van der Waals surface area contributed by atoms with Gasteiger partial charge in [-0.3, -0.25) is 4.90 Å². The zero-order chi connectivity index (χ0) is 14.7. The monoisotopic (exact) mass is 276 g/mol. The van der Waals surface area contributed by atoms with Crippen LogP contribution in [0.25, 0.3) is 0 Å². The molecule has 1 saturated heterocycles. The van der Waals surface area contributed by atoms with Crippen molar-refractivity contribution in [3.63, 3.8) is 0 Å². The highest BCUT2D eigenvalue weighted by Crippen LogP contribution is 2.29. The lowest BCUT2D eigenvalue weighted by Gasteiger charge is -2.25. The molecule has 0 aliphatic carbocycles. The molecule has 1 aliphatic heterocycles. The molecule has 2 rings (SSSR count). The fourth-order valence-corrected chi connectivity index (χ4v) is 2.90. The van der Waals surface area contributed by atoms with Gasteiger partial charge in [0, 0.05) is 18.6 Å². The predicted molar refractivity (Wildman–Crippen MR) is 84.0 cm³/mol. The van der Waals surface area contributed by atoms with Crippen molar-refractivity contribution in [1.29, 1.82) is 0 Å². The molecule has 1 aromatic carbocycles. The van der Waals surface area contributed by atoms with Crippen LogP contribution in [0.15, 0.2) is 24.3 Å². The van der Waals surface area contributed by atoms with Crippen LogP contribution in [0.5, 0.6) is 5.75 Å². The summed E-state index contributed by atoms with van der Waals surface area (Å²) in [4.78, 5) is 2.53. The molecule has 0 bridgehead atoms. The fourth-order valence-electron chi connectivity index (χ4n) is 2.90. The lowest BCUT2D eigenvalue weighted by molar-refractivity contribution is 0.240. The van der Waals surface area contributed by atoms with Crippen molar-refractivity contribution < 1.29 is 4.74 Å². The first kappa shape index (κ1) is 15.3. The van der Waals surface area contributed by atoms with Gasteiger partial charge in [0.15, 0.2) is 0 Å². The molecule has 2 N–H and O–H groups in total. The topological polar surface area (TPSA) is 38.5 Å². The minimum absolute atomic E-state index is 0.226. The minimum atomic E-state index is 0.226. The maximum Gasteiger partial charge on any atom is 0.119 e. The van der Waals surface area contributed by atoms with E-state index in [2.05, 4.69) is 56.9 Å². The first-order valence-corrected chi connectivity index (χ1v) is 7.73. The van der Waals surface area contributed by atoms with E-state index in [-0.39, 0.29) is 6.10 Å². The number of ether oxygens (including phenoxy) is 1. The summed E-state index contributed by atoms with van der Waals surface area (Å²) in [6.07, 6.45) is 1.44. The molecule has 0 radical (unpaired) electrons. The summed E-state index contributed by atoms with van der Waals surface area (Å²) >= 11 is 0. The van der Waals surface area contributed by atoms with Gasteiger partial charge in [-0.1, -0.05) is 12.1 Å². The third-order valence-electron chi connectivity index (χ3n) is 4.28. The van der Waals surface area contributed by atoms with Crippen molar-refractivity contribution in [3.05, 3.63) is 29.8 Å². The Morgan fingerprint density at radius 1 is 1.15 bits per heavy atom. The SMILES string of the molecule is CC(C)Oc1ccc(C(C)N2CCC(C(C)N)C2)cc1. The molecule has 1 fully saturated rings. The van der Waals surface area contributed by atoms with Crippen LogP contribution in [-0.4, -0.2) is 30.1 Å². The highest BCUT2D eigenvalue weighted by molar-refractivity contribution is 5.29. The largest absolute Gasteiger partial charge is 0.491 e. The number of hydrogen-bond donors (Lipinski definition) is 1. The molecule has 0 spiro atoms. The van der Waals surface area contributed by atoms with Crippen LogP contribution in [-0.2, 0) is 0 Å². The number of nitrogens with two attached hydrogens (primary N) is 1. The van der Waals surface area contributed by atoms with E-state index in [0.717, 1.165) is 18.8 Å². The summed E-state index contributed by atoms with van der Waals surface area (Å²) in [5.74, 6) is 1.59. The van der Waals surface area contributed by atoms with Gasteiger partial charge in [0.25, 0.3) is 0 Å². The minimum Gasteiger partial charge on any atom is -0.491 e. The van der Waals surface area contributed by atoms with Crippen LogP contribution in [0.2, 0.25) is 0 Å². The van der Waals surface area contributed by atoms with Crippen LogP contribution >= 0.6 is 0 Å². The molecule has 1 aromatic rings. The van der Waals surface area contributed by atoms with Gasteiger partial charge in [-0.25, -0.2) is 0 Å². The van der Waals surface area contributed by atoms with E-state index in [1.807, 2.05) is 0 Å². The van der Waals surface area contributed by atoms with E-state index in [0.29, 0.717) is 18.0 Å². The molecular formula is C17H28N2O. The second-order valence-corrected chi connectivity index (χ2v) is 6.31. The highest BCUT2D eigenvalue weighted by Gasteiger charge is 2.28. The van der Waals surface area contributed by atoms with Crippen LogP contribution < -0.4 is 10.5 Å². The van der Waals surface area contributed by atoms with E-state index < -0.39 is 0 Å². The van der Waals surface area contributed by atoms with Crippen LogP contribution in [0.3, 0.4) is 0 Å². The predicted octanol–water partition coefficient (Wildman–Crippen LogP) is 3.20. The van der Waals surface area contributed by atoms with Crippen LogP contribution in [0.1, 0.15) is 45.7 Å². The third kappa shape index (κ3) is 3.74. The summed E-state index contributed by atoms with van der Waals surface area (Å²) in [5, 5.41) is 0. The molecule has 112 valence electrons. The summed E-state index contributed by atoms with van der Waals surface area (Å²) in [6.45, 7) is 10.8. The molecule has 3 unspecified atom stereocenters. The Bertz CT molecular complexity index is 414. The first-order chi connectivity index (χ1) is 9.47. The van der Waals surface area contributed by atoms with Gasteiger partial charge in [0.05, 0.1) is 6.10 Å². The van der Waals surface area contributed by atoms with Gasteiger partial charge in [-0.15, -0.1) is 0 Å². The summed E-state index contributed by atoms with van der Waals surface area (Å²) < 4.78 is 5.69. The first-order valence-electron chi connectivity index (χ1n) is 7.73. The second-order valence-electron chi connectivity index (χ2n) is 6.31. The average Bonchev–Trinajstić information content (AvgIpc) is 2.88. The van der Waals surface area contributed by atoms with Crippen molar-refractivity contribution in [2.24, 2.45) is 11.7 Å². The summed E-state index contributed by atoms with van der Waals surface area (Å²) in [6, 6.07) is 9.26. The fraction of sp³-hybridized carbons (Fsp3) is 0.647. The number of nitrogens with zero attached hydrogens (tertiary/aromatic N) is 1. The number of likely N-dealkylation sites (tertiary alicyclic amines) is 1. The molecule has 0 amide bonds. The molecular weight excluding hydrogens is 248 g/mol. The Morgan fingerprint density at radius 3 is 2.30 bits per heavy atom. The Morgan fingerprint density at radius 2 is 1.80 bits per heavy atom. The van der Waals surface area contributed by atoms with Gasteiger partial charge >= 0.3 is 0 Å². The van der Waals surface area contributed by atoms with E-state index in [1.54, 1.807) is 0 Å². The Balaban J connectivity index is 1.97. The molecule has 0 saturated carbocycles. The van der Waals surface area contributed by atoms with E-state index in [1.165, 1.54) is 12.0 Å². The summed E-state index contributed by atoms with van der Waals surface area (Å²) in [5.41, 5.74) is 7.37. The number of hydrogen-bond acceptors (Lipinski definition) is 3. The maximum absolute atomic E-state index is 6.02. The van der Waals surface area contributed by atoms with E-state index in [4.69, 9.17) is 10.5 Å². The van der Waals surface area contributed by atoms with E-state index in [9.17, 15) is 0 Å².